The van der Waals surface area contributed by atoms with E-state index < -0.39 is 0 Å². The van der Waals surface area contributed by atoms with Crippen LogP contribution in [-0.2, 0) is 4.74 Å². The van der Waals surface area contributed by atoms with E-state index in [9.17, 15) is 0 Å². The highest BCUT2D eigenvalue weighted by atomic mass is 16.5. The first-order valence-electron chi connectivity index (χ1n) is 5.46. The normalized spacial score (nSPS) is 26.3. The molecule has 0 amide bonds. The molecule has 2 fully saturated rings. The molecule has 0 aromatic carbocycles. The van der Waals surface area contributed by atoms with Crippen LogP contribution >= 0.6 is 0 Å². The van der Waals surface area contributed by atoms with E-state index in [0.29, 0.717) is 6.04 Å². The Morgan fingerprint density at radius 3 is 2.38 bits per heavy atom. The van der Waals surface area contributed by atoms with E-state index in [4.69, 9.17) is 4.74 Å². The van der Waals surface area contributed by atoms with Gasteiger partial charge in [-0.3, -0.25) is 4.90 Å². The summed E-state index contributed by atoms with van der Waals surface area (Å²) < 4.78 is 5.25. The Morgan fingerprint density at radius 1 is 1.23 bits per heavy atom. The quantitative estimate of drug-likeness (QED) is 0.689. The lowest BCUT2D eigenvalue weighted by atomic mass is 10.0. The molecule has 0 aromatic heterocycles. The summed E-state index contributed by atoms with van der Waals surface area (Å²) in [5.74, 6) is 0. The predicted octanol–water partition coefficient (Wildman–Crippen LogP) is 0.459. The van der Waals surface area contributed by atoms with Crippen LogP contribution < -0.4 is 5.32 Å². The molecule has 0 aromatic rings. The van der Waals surface area contributed by atoms with Gasteiger partial charge in [0.25, 0.3) is 0 Å². The standard InChI is InChI=1S/C10H20N2O/c1-2-12(10-7-13-8-10)9-3-5-11-6-4-9/h9-11H,2-8H2,1H3. The molecule has 0 unspecified atom stereocenters. The van der Waals surface area contributed by atoms with E-state index in [1.54, 1.807) is 0 Å². The summed E-state index contributed by atoms with van der Waals surface area (Å²) in [6.45, 7) is 7.73. The number of hydrogen-bond acceptors (Lipinski definition) is 3. The maximum Gasteiger partial charge on any atom is 0.0645 e. The first-order valence-corrected chi connectivity index (χ1v) is 5.46. The van der Waals surface area contributed by atoms with Crippen LogP contribution in [-0.4, -0.2) is 49.8 Å². The number of piperidine rings is 1. The number of likely N-dealkylation sites (N-methyl/N-ethyl adjacent to an activating group) is 1. The molecule has 2 heterocycles. The van der Waals surface area contributed by atoms with Gasteiger partial charge < -0.3 is 10.1 Å². The zero-order chi connectivity index (χ0) is 9.10. The number of nitrogens with one attached hydrogen (secondary N) is 1. The van der Waals surface area contributed by atoms with Gasteiger partial charge in [-0.25, -0.2) is 0 Å². The second kappa shape index (κ2) is 4.40. The fourth-order valence-corrected chi connectivity index (χ4v) is 2.37. The van der Waals surface area contributed by atoms with Crippen LogP contribution in [0, 0.1) is 0 Å². The van der Waals surface area contributed by atoms with Crippen LogP contribution in [0.2, 0.25) is 0 Å². The fourth-order valence-electron chi connectivity index (χ4n) is 2.37. The van der Waals surface area contributed by atoms with Gasteiger partial charge >= 0.3 is 0 Å². The molecule has 0 radical (unpaired) electrons. The molecule has 3 heteroatoms. The second-order valence-electron chi connectivity index (χ2n) is 4.00. The zero-order valence-electron chi connectivity index (χ0n) is 8.46. The lowest BCUT2D eigenvalue weighted by molar-refractivity contribution is -0.0810. The maximum atomic E-state index is 5.25. The Labute approximate surface area is 80.4 Å². The van der Waals surface area contributed by atoms with E-state index in [1.807, 2.05) is 0 Å². The zero-order valence-corrected chi connectivity index (χ0v) is 8.46. The molecule has 2 rings (SSSR count). The Bertz CT molecular complexity index is 153. The molecular formula is C10H20N2O. The molecule has 2 aliphatic rings. The highest BCUT2D eigenvalue weighted by Crippen LogP contribution is 2.19. The van der Waals surface area contributed by atoms with Crippen LogP contribution in [0.25, 0.3) is 0 Å². The highest BCUT2D eigenvalue weighted by Gasteiger charge is 2.30. The monoisotopic (exact) mass is 184 g/mol. The molecule has 1 N–H and O–H groups in total. The number of hydrogen-bond donors (Lipinski definition) is 1. The van der Waals surface area contributed by atoms with Gasteiger partial charge in [0.2, 0.25) is 0 Å². The van der Waals surface area contributed by atoms with Gasteiger partial charge in [-0.05, 0) is 32.5 Å². The third-order valence-electron chi connectivity index (χ3n) is 3.23. The molecular weight excluding hydrogens is 164 g/mol. The number of ether oxygens (including phenoxy) is 1. The van der Waals surface area contributed by atoms with Crippen molar-refractivity contribution in [3.63, 3.8) is 0 Å². The minimum atomic E-state index is 0.716. The summed E-state index contributed by atoms with van der Waals surface area (Å²) >= 11 is 0. The van der Waals surface area contributed by atoms with Crippen molar-refractivity contribution in [1.29, 1.82) is 0 Å². The van der Waals surface area contributed by atoms with E-state index in [1.165, 1.54) is 32.5 Å². The first kappa shape index (κ1) is 9.44. The largest absolute Gasteiger partial charge is 0.378 e. The lowest BCUT2D eigenvalue weighted by Gasteiger charge is -2.43. The van der Waals surface area contributed by atoms with Crippen molar-refractivity contribution in [2.45, 2.75) is 31.8 Å². The van der Waals surface area contributed by atoms with Gasteiger partial charge in [0.05, 0.1) is 19.3 Å². The van der Waals surface area contributed by atoms with Crippen LogP contribution in [0.1, 0.15) is 19.8 Å². The van der Waals surface area contributed by atoms with Gasteiger partial charge in [0, 0.05) is 6.04 Å². The number of rotatable bonds is 3. The Hall–Kier alpha value is -0.120. The van der Waals surface area contributed by atoms with Crippen LogP contribution in [0.3, 0.4) is 0 Å². The molecule has 2 aliphatic heterocycles. The average Bonchev–Trinajstić information content (AvgIpc) is 2.12. The van der Waals surface area contributed by atoms with Crippen molar-refractivity contribution >= 4 is 0 Å². The molecule has 3 nitrogen and oxygen atoms in total. The van der Waals surface area contributed by atoms with Gasteiger partial charge in [-0.2, -0.15) is 0 Å². The smallest absolute Gasteiger partial charge is 0.0645 e. The molecule has 0 atom stereocenters. The molecule has 0 spiro atoms. The Kier molecular flexibility index (Phi) is 3.19. The second-order valence-corrected chi connectivity index (χ2v) is 4.00. The van der Waals surface area contributed by atoms with Crippen LogP contribution in [0.4, 0.5) is 0 Å². The Morgan fingerprint density at radius 2 is 1.92 bits per heavy atom. The number of nitrogens with zero attached hydrogens (tertiary/aromatic N) is 1. The fraction of sp³-hybridized carbons (Fsp3) is 1.00. The SMILES string of the molecule is CCN(C1CCNCC1)C1COC1. The minimum Gasteiger partial charge on any atom is -0.378 e. The summed E-state index contributed by atoms with van der Waals surface area (Å²) in [4.78, 5) is 2.63. The van der Waals surface area contributed by atoms with Crippen LogP contribution in [0.15, 0.2) is 0 Å². The topological polar surface area (TPSA) is 24.5 Å². The lowest BCUT2D eigenvalue weighted by Crippen LogP contribution is -2.55. The Balaban J connectivity index is 1.86. The summed E-state index contributed by atoms with van der Waals surface area (Å²) in [6.07, 6.45) is 2.62. The van der Waals surface area contributed by atoms with Crippen molar-refractivity contribution in [3.8, 4) is 0 Å². The van der Waals surface area contributed by atoms with Crippen LogP contribution in [0.5, 0.6) is 0 Å². The highest BCUT2D eigenvalue weighted by molar-refractivity contribution is 4.85. The summed E-state index contributed by atoms with van der Waals surface area (Å²) in [7, 11) is 0. The van der Waals surface area contributed by atoms with Crippen molar-refractivity contribution < 1.29 is 4.74 Å². The molecule has 2 saturated heterocycles. The van der Waals surface area contributed by atoms with Crippen molar-refractivity contribution in [2.75, 3.05) is 32.8 Å². The van der Waals surface area contributed by atoms with Gasteiger partial charge in [-0.1, -0.05) is 6.92 Å². The molecule has 0 saturated carbocycles. The summed E-state index contributed by atoms with van der Waals surface area (Å²) in [6, 6.07) is 1.52. The van der Waals surface area contributed by atoms with Crippen molar-refractivity contribution in [3.05, 3.63) is 0 Å². The minimum absolute atomic E-state index is 0.716. The molecule has 0 aliphatic carbocycles. The van der Waals surface area contributed by atoms with Gasteiger partial charge in [-0.15, -0.1) is 0 Å². The third-order valence-corrected chi connectivity index (χ3v) is 3.23. The summed E-state index contributed by atoms with van der Waals surface area (Å²) in [5, 5.41) is 3.41. The third kappa shape index (κ3) is 2.03. The van der Waals surface area contributed by atoms with Crippen molar-refractivity contribution in [2.24, 2.45) is 0 Å². The van der Waals surface area contributed by atoms with E-state index in [2.05, 4.69) is 17.1 Å². The predicted molar refractivity (Wildman–Crippen MR) is 52.9 cm³/mol. The van der Waals surface area contributed by atoms with E-state index >= 15 is 0 Å². The molecule has 0 bridgehead atoms. The maximum absolute atomic E-state index is 5.25. The molecule has 13 heavy (non-hydrogen) atoms. The molecule has 76 valence electrons. The van der Waals surface area contributed by atoms with E-state index in [-0.39, 0.29) is 0 Å². The van der Waals surface area contributed by atoms with Gasteiger partial charge in [0.1, 0.15) is 0 Å². The van der Waals surface area contributed by atoms with Crippen molar-refractivity contribution in [1.82, 2.24) is 10.2 Å². The van der Waals surface area contributed by atoms with E-state index in [0.717, 1.165) is 19.3 Å². The van der Waals surface area contributed by atoms with Gasteiger partial charge in [0.15, 0.2) is 0 Å². The average molecular weight is 184 g/mol. The summed E-state index contributed by atoms with van der Waals surface area (Å²) in [5.41, 5.74) is 0. The first-order chi connectivity index (χ1) is 6.42.